The van der Waals surface area contributed by atoms with Crippen molar-refractivity contribution in [3.8, 4) is 0 Å². The van der Waals surface area contributed by atoms with Gasteiger partial charge in [-0.15, -0.1) is 0 Å². The average Bonchev–Trinajstić information content (AvgIpc) is 1.89. The van der Waals surface area contributed by atoms with Crippen molar-refractivity contribution < 1.29 is 4.79 Å². The Labute approximate surface area is 53.4 Å². The van der Waals surface area contributed by atoms with Gasteiger partial charge in [-0.3, -0.25) is 4.79 Å². The first-order chi connectivity index (χ1) is 4.34. The molecule has 0 spiro atoms. The number of Topliss-reactive ketones (excluding diaryl/α,β-unsaturated/α-hetero) is 1. The third-order valence-corrected chi connectivity index (χ3v) is 1.19. The van der Waals surface area contributed by atoms with Gasteiger partial charge in [0.2, 0.25) is 0 Å². The molecule has 0 aromatic rings. The zero-order chi connectivity index (χ0) is 6.69. The Hall–Kier alpha value is -1.18. The van der Waals surface area contributed by atoms with Gasteiger partial charge in [-0.2, -0.15) is 0 Å². The van der Waals surface area contributed by atoms with Gasteiger partial charge in [-0.05, 0) is 0 Å². The molecule has 1 aliphatic carbocycles. The number of carbonyl (C=O) groups is 1. The largest absolute Gasteiger partial charge is 0.308 e. The first kappa shape index (κ1) is 5.95. The minimum atomic E-state index is 0.0347. The topological polar surface area (TPSA) is 40.9 Å². The summed E-state index contributed by atoms with van der Waals surface area (Å²) in [5, 5.41) is 6.78. The number of carbonyl (C=O) groups excluding carboxylic acids is 1. The van der Waals surface area contributed by atoms with Crippen molar-refractivity contribution in [2.24, 2.45) is 0 Å². The monoisotopic (exact) mass is 121 g/mol. The lowest BCUT2D eigenvalue weighted by Crippen LogP contribution is -2.03. The van der Waals surface area contributed by atoms with Crippen LogP contribution in [0.5, 0.6) is 0 Å². The third-order valence-electron chi connectivity index (χ3n) is 1.19. The third kappa shape index (κ3) is 1.13. The first-order valence-corrected chi connectivity index (χ1v) is 2.75. The van der Waals surface area contributed by atoms with Crippen LogP contribution in [0.3, 0.4) is 0 Å². The van der Waals surface area contributed by atoms with Crippen LogP contribution < -0.4 is 0 Å². The molecule has 0 aromatic heterocycles. The molecular formula is C7H7NO. The second-order valence-corrected chi connectivity index (χ2v) is 1.82. The molecule has 1 rings (SSSR count). The maximum atomic E-state index is 10.8. The van der Waals surface area contributed by atoms with Crippen LogP contribution in [0.15, 0.2) is 23.8 Å². The molecule has 9 heavy (non-hydrogen) atoms. The Morgan fingerprint density at radius 1 is 1.67 bits per heavy atom. The quantitative estimate of drug-likeness (QED) is 0.518. The summed E-state index contributed by atoms with van der Waals surface area (Å²) in [6.07, 6.45) is 6.77. The zero-order valence-corrected chi connectivity index (χ0v) is 4.92. The van der Waals surface area contributed by atoms with Gasteiger partial charge in [0.25, 0.3) is 0 Å². The van der Waals surface area contributed by atoms with Gasteiger partial charge < -0.3 is 5.41 Å². The second-order valence-electron chi connectivity index (χ2n) is 1.82. The number of nitrogens with one attached hydrogen (secondary N) is 1. The molecule has 0 heterocycles. The van der Waals surface area contributed by atoms with Gasteiger partial charge in [0.15, 0.2) is 5.78 Å². The maximum Gasteiger partial charge on any atom is 0.168 e. The summed E-state index contributed by atoms with van der Waals surface area (Å²) in [6, 6.07) is 0. The molecular weight excluding hydrogens is 114 g/mol. The summed E-state index contributed by atoms with van der Waals surface area (Å²) in [6.45, 7) is 0. The van der Waals surface area contributed by atoms with Crippen LogP contribution >= 0.6 is 0 Å². The average molecular weight is 121 g/mol. The lowest BCUT2D eigenvalue weighted by atomic mass is 10.1. The predicted octanol–water partition coefficient (Wildman–Crippen LogP) is 1.09. The Morgan fingerprint density at radius 2 is 2.44 bits per heavy atom. The Bertz CT molecular complexity index is 201. The van der Waals surface area contributed by atoms with Gasteiger partial charge in [-0.1, -0.05) is 18.2 Å². The highest BCUT2D eigenvalue weighted by Crippen LogP contribution is 2.03. The Kier molecular flexibility index (Phi) is 1.58. The molecule has 1 N–H and O–H groups in total. The summed E-state index contributed by atoms with van der Waals surface area (Å²) < 4.78 is 0. The summed E-state index contributed by atoms with van der Waals surface area (Å²) in [4.78, 5) is 10.8. The van der Waals surface area contributed by atoms with E-state index >= 15 is 0 Å². The van der Waals surface area contributed by atoms with Crippen LogP contribution in [0.2, 0.25) is 0 Å². The molecule has 0 saturated carbocycles. The summed E-state index contributed by atoms with van der Waals surface area (Å²) in [7, 11) is 0. The van der Waals surface area contributed by atoms with Crippen molar-refractivity contribution >= 4 is 12.0 Å². The fourth-order valence-corrected chi connectivity index (χ4v) is 0.686. The lowest BCUT2D eigenvalue weighted by molar-refractivity contribution is -0.114. The predicted molar refractivity (Wildman–Crippen MR) is 35.6 cm³/mol. The molecule has 0 atom stereocenters. The van der Waals surface area contributed by atoms with E-state index in [4.69, 9.17) is 5.41 Å². The number of rotatable bonds is 1. The molecule has 0 fully saturated rings. The number of hydrogen-bond acceptors (Lipinski definition) is 2. The van der Waals surface area contributed by atoms with Crippen molar-refractivity contribution in [1.82, 2.24) is 0 Å². The molecule has 46 valence electrons. The van der Waals surface area contributed by atoms with Crippen LogP contribution in [-0.2, 0) is 4.79 Å². The van der Waals surface area contributed by atoms with E-state index < -0.39 is 0 Å². The van der Waals surface area contributed by atoms with E-state index in [9.17, 15) is 4.79 Å². The molecule has 0 aliphatic heterocycles. The smallest absolute Gasteiger partial charge is 0.168 e. The minimum absolute atomic E-state index is 0.0347. The van der Waals surface area contributed by atoms with E-state index in [0.29, 0.717) is 12.0 Å². The van der Waals surface area contributed by atoms with Gasteiger partial charge in [0.1, 0.15) is 0 Å². The number of allylic oxidation sites excluding steroid dienone is 4. The molecule has 0 radical (unpaired) electrons. The van der Waals surface area contributed by atoms with Gasteiger partial charge in [0, 0.05) is 18.2 Å². The van der Waals surface area contributed by atoms with E-state index in [1.807, 2.05) is 0 Å². The summed E-state index contributed by atoms with van der Waals surface area (Å²) >= 11 is 0. The molecule has 0 amide bonds. The normalized spacial score (nSPS) is 17.3. The van der Waals surface area contributed by atoms with Crippen LogP contribution in [0.4, 0.5) is 0 Å². The fraction of sp³-hybridized carbons (Fsp3) is 0.143. The van der Waals surface area contributed by atoms with Gasteiger partial charge in [-0.25, -0.2) is 0 Å². The lowest BCUT2D eigenvalue weighted by Gasteiger charge is -1.98. The van der Waals surface area contributed by atoms with Crippen molar-refractivity contribution in [2.45, 2.75) is 6.42 Å². The van der Waals surface area contributed by atoms with Crippen molar-refractivity contribution in [2.75, 3.05) is 0 Å². The van der Waals surface area contributed by atoms with Crippen molar-refractivity contribution in [1.29, 1.82) is 5.41 Å². The maximum absolute atomic E-state index is 10.8. The molecule has 0 aromatic carbocycles. The van der Waals surface area contributed by atoms with E-state index in [-0.39, 0.29) is 5.78 Å². The van der Waals surface area contributed by atoms with Crippen LogP contribution in [0, 0.1) is 5.41 Å². The highest BCUT2D eigenvalue weighted by atomic mass is 16.1. The van der Waals surface area contributed by atoms with Crippen LogP contribution in [0.25, 0.3) is 0 Å². The molecule has 2 nitrogen and oxygen atoms in total. The SMILES string of the molecule is N=CC1=CC=CCC1=O. The van der Waals surface area contributed by atoms with Crippen LogP contribution in [0.1, 0.15) is 6.42 Å². The second kappa shape index (κ2) is 2.40. The highest BCUT2D eigenvalue weighted by Gasteiger charge is 2.05. The van der Waals surface area contributed by atoms with Gasteiger partial charge >= 0.3 is 0 Å². The number of hydrogen-bond donors (Lipinski definition) is 1. The van der Waals surface area contributed by atoms with E-state index in [1.54, 1.807) is 18.2 Å². The highest BCUT2D eigenvalue weighted by molar-refractivity contribution is 6.13. The molecule has 0 saturated heterocycles. The zero-order valence-electron chi connectivity index (χ0n) is 4.92. The summed E-state index contributed by atoms with van der Waals surface area (Å²) in [5.41, 5.74) is 0.498. The van der Waals surface area contributed by atoms with E-state index in [2.05, 4.69) is 0 Å². The van der Waals surface area contributed by atoms with E-state index in [0.717, 1.165) is 6.21 Å². The number of ketones is 1. The summed E-state index contributed by atoms with van der Waals surface area (Å²) in [5.74, 6) is 0.0347. The fourth-order valence-electron chi connectivity index (χ4n) is 0.686. The molecule has 2 heteroatoms. The Balaban J connectivity index is 2.86. The standard InChI is InChI=1S/C7H7NO/c8-5-6-3-1-2-4-7(6)9/h1-3,5,8H,4H2. The minimum Gasteiger partial charge on any atom is -0.308 e. The van der Waals surface area contributed by atoms with Gasteiger partial charge in [0.05, 0.1) is 0 Å². The molecule has 0 bridgehead atoms. The van der Waals surface area contributed by atoms with Crippen LogP contribution in [-0.4, -0.2) is 12.0 Å². The van der Waals surface area contributed by atoms with Crippen molar-refractivity contribution in [3.05, 3.63) is 23.8 Å². The Morgan fingerprint density at radius 3 is 2.89 bits per heavy atom. The van der Waals surface area contributed by atoms with Crippen molar-refractivity contribution in [3.63, 3.8) is 0 Å². The van der Waals surface area contributed by atoms with E-state index in [1.165, 1.54) is 0 Å². The molecule has 0 unspecified atom stereocenters. The molecule has 1 aliphatic rings. The first-order valence-electron chi connectivity index (χ1n) is 2.75.